The van der Waals surface area contributed by atoms with Crippen LogP contribution >= 0.6 is 74.8 Å². The molecule has 0 saturated carbocycles. The van der Waals surface area contributed by atoms with E-state index in [-0.39, 0.29) is 19.8 Å². The van der Waals surface area contributed by atoms with Gasteiger partial charge in [-0.3, -0.25) is 0 Å². The van der Waals surface area contributed by atoms with Gasteiger partial charge in [0, 0.05) is 14.4 Å². The van der Waals surface area contributed by atoms with E-state index in [0.717, 1.165) is 28.9 Å². The van der Waals surface area contributed by atoms with Crippen LogP contribution in [-0.4, -0.2) is 0 Å². The molecule has 1 heterocycles. The Balaban J connectivity index is 0.000000165. The van der Waals surface area contributed by atoms with Crippen LogP contribution in [0.25, 0.3) is 0 Å². The van der Waals surface area contributed by atoms with Crippen LogP contribution in [0.2, 0.25) is 0 Å². The molecule has 0 N–H and O–H groups in total. The van der Waals surface area contributed by atoms with Gasteiger partial charge in [-0.15, -0.1) is 0 Å². The molecule has 2 aliphatic rings. The van der Waals surface area contributed by atoms with Gasteiger partial charge in [-0.2, -0.15) is 0 Å². The Bertz CT molecular complexity index is 2120. The Kier molecular flexibility index (Phi) is 14.0. The maximum absolute atomic E-state index is 14.2. The molecular formula is C43H34Br2CuF4I2N. The summed E-state index contributed by atoms with van der Waals surface area (Å²) >= 11 is 13.4. The van der Waals surface area contributed by atoms with Crippen LogP contribution < -0.4 is 4.90 Å². The molecule has 0 unspecified atom stereocenters. The van der Waals surface area contributed by atoms with Gasteiger partial charge in [0.25, 0.3) is 0 Å². The third-order valence-electron chi connectivity index (χ3n) is 9.57. The zero-order chi connectivity index (χ0) is 38.7. The molecule has 0 saturated heterocycles. The summed E-state index contributed by atoms with van der Waals surface area (Å²) in [5.41, 5.74) is 10.4. The van der Waals surface area contributed by atoms with E-state index >= 15 is 0 Å². The Hall–Kier alpha value is -2.22. The number of benzene rings is 6. The summed E-state index contributed by atoms with van der Waals surface area (Å²) in [7, 11) is 0. The monoisotopic (exact) mass is 1110 g/mol. The predicted molar refractivity (Wildman–Crippen MR) is 229 cm³/mol. The van der Waals surface area contributed by atoms with Gasteiger partial charge in [0.05, 0.1) is 26.0 Å². The fourth-order valence-corrected chi connectivity index (χ4v) is 8.07. The number of halogens is 8. The molecular weight excluding hydrogens is 1080 g/mol. The van der Waals surface area contributed by atoms with E-state index in [1.165, 1.54) is 46.5 Å². The van der Waals surface area contributed by atoms with Crippen LogP contribution in [-0.2, 0) is 30.0 Å². The average molecular weight is 1120 g/mol. The first-order chi connectivity index (χ1) is 25.2. The van der Waals surface area contributed by atoms with Crippen LogP contribution in [0, 0.1) is 26.8 Å². The fourth-order valence-electron chi connectivity index (χ4n) is 7.06. The van der Waals surface area contributed by atoms with Crippen LogP contribution in [0.15, 0.2) is 130 Å². The van der Waals surface area contributed by atoms with Crippen molar-refractivity contribution >= 4 is 91.9 Å². The van der Waals surface area contributed by atoms with Crippen LogP contribution in [0.5, 0.6) is 0 Å². The molecule has 0 fully saturated rings. The van der Waals surface area contributed by atoms with Crippen LogP contribution in [0.1, 0.15) is 61.1 Å². The number of para-hydroxylation sites is 2. The maximum atomic E-state index is 14.2. The van der Waals surface area contributed by atoms with E-state index in [1.807, 2.05) is 63.9 Å². The average Bonchev–Trinajstić information content (AvgIpc) is 3.14. The topological polar surface area (TPSA) is 3.24 Å². The standard InChI is InChI=1S/C21H16BrF2N.C16H16.C6H2BrF2I.Cu.HI/c1-21(2)14-7-3-5-9-18(14)25(19-10-6-4-8-15(19)21)13-11-16(23)20(22)17(24)12-13;1-16(2)14-9-5-3-7-12(14)11-13-8-4-6-10-15(13)16;7-6-4(8)1-3(10)2-5(6)9;;/h3-12H,1-2H3;3-10H,11H2,1-2H3;1-2H;;1H/q;;;+1;/p-1. The second-order valence-corrected chi connectivity index (χ2v) is 16.3. The molecule has 1 aliphatic carbocycles. The van der Waals surface area contributed by atoms with Gasteiger partial charge >= 0.3 is 33.1 Å². The third-order valence-corrected chi connectivity index (χ3v) is 11.7. The molecule has 0 spiro atoms. The van der Waals surface area contributed by atoms with Crippen molar-refractivity contribution in [1.29, 1.82) is 0 Å². The van der Waals surface area contributed by atoms with Crippen molar-refractivity contribution in [1.82, 2.24) is 0 Å². The molecule has 6 aromatic rings. The number of anilines is 3. The van der Waals surface area contributed by atoms with Gasteiger partial charge in [-0.1, -0.05) is 113 Å². The summed E-state index contributed by atoms with van der Waals surface area (Å²) in [4.78, 5) is 1.93. The summed E-state index contributed by atoms with van der Waals surface area (Å²) in [6.07, 6.45) is 1.08. The molecule has 278 valence electrons. The van der Waals surface area contributed by atoms with Gasteiger partial charge < -0.3 is 4.90 Å². The molecule has 0 amide bonds. The molecule has 10 heteroatoms. The first kappa shape index (κ1) is 41.9. The van der Waals surface area contributed by atoms with E-state index in [9.17, 15) is 17.6 Å². The van der Waals surface area contributed by atoms with Gasteiger partial charge in [0.15, 0.2) is 0 Å². The predicted octanol–water partition coefficient (Wildman–Crippen LogP) is 15.0. The molecule has 53 heavy (non-hydrogen) atoms. The second kappa shape index (κ2) is 17.7. The molecule has 6 aromatic carbocycles. The SMILES string of the molecule is CC1(C)c2ccccc2Cc2ccccc21.CC1(C)c2ccccc2N(c2cc(F)c(Br)c(F)c2)c2ccccc21.Fc1cc(I)cc(F)c1Br.[Cu][I]. The van der Waals surface area contributed by atoms with Crippen molar-refractivity contribution < 1.29 is 30.3 Å². The van der Waals surface area contributed by atoms with Crippen molar-refractivity contribution in [3.05, 3.63) is 190 Å². The zero-order valence-electron chi connectivity index (χ0n) is 29.0. The van der Waals surface area contributed by atoms with E-state index < -0.39 is 23.3 Å². The van der Waals surface area contributed by atoms with E-state index in [4.69, 9.17) is 0 Å². The summed E-state index contributed by atoms with van der Waals surface area (Å²) in [5, 5.41) is 0. The summed E-state index contributed by atoms with van der Waals surface area (Å²) in [6, 6.07) is 38.9. The number of hydrogen-bond donors (Lipinski definition) is 0. The Labute approximate surface area is 358 Å². The second-order valence-electron chi connectivity index (χ2n) is 13.5. The molecule has 8 rings (SSSR count). The Morgan fingerprint density at radius 2 is 0.849 bits per heavy atom. The van der Waals surface area contributed by atoms with Crippen molar-refractivity contribution in [2.75, 3.05) is 4.90 Å². The first-order valence-corrected chi connectivity index (χ1v) is 22.1. The Morgan fingerprint density at radius 1 is 0.528 bits per heavy atom. The quantitative estimate of drug-likeness (QED) is 0.0521. The number of hydrogen-bond acceptors (Lipinski definition) is 1. The molecule has 0 atom stereocenters. The van der Waals surface area contributed by atoms with Crippen LogP contribution in [0.3, 0.4) is 0 Å². The fraction of sp³-hybridized carbons (Fsp3) is 0.163. The minimum atomic E-state index is -0.616. The van der Waals surface area contributed by atoms with E-state index in [2.05, 4.69) is 133 Å². The van der Waals surface area contributed by atoms with Crippen LogP contribution in [0.4, 0.5) is 34.6 Å². The summed E-state index contributed by atoms with van der Waals surface area (Å²) in [5.74, 6) is -2.36. The van der Waals surface area contributed by atoms with Crippen molar-refractivity contribution in [3.8, 4) is 0 Å². The van der Waals surface area contributed by atoms with Crippen molar-refractivity contribution in [2.24, 2.45) is 0 Å². The number of rotatable bonds is 1. The normalized spacial score (nSPS) is 14.0. The molecule has 0 bridgehead atoms. The number of fused-ring (bicyclic) bond motifs is 4. The first-order valence-electron chi connectivity index (χ1n) is 16.4. The summed E-state index contributed by atoms with van der Waals surface area (Å²) < 4.78 is 53.8. The third kappa shape index (κ3) is 8.78. The molecule has 1 aliphatic heterocycles. The minimum absolute atomic E-state index is 0.104. The molecule has 0 radical (unpaired) electrons. The molecule has 0 aromatic heterocycles. The Morgan fingerprint density at radius 3 is 1.26 bits per heavy atom. The molecule has 1 nitrogen and oxygen atoms in total. The number of nitrogens with zero attached hydrogens (tertiary/aromatic N) is 1. The van der Waals surface area contributed by atoms with Crippen molar-refractivity contribution in [2.45, 2.75) is 44.9 Å². The summed E-state index contributed by atoms with van der Waals surface area (Å²) in [6.45, 7) is 8.99. The van der Waals surface area contributed by atoms with Crippen molar-refractivity contribution in [3.63, 3.8) is 0 Å². The van der Waals surface area contributed by atoms with Gasteiger partial charge in [-0.25, -0.2) is 17.6 Å². The van der Waals surface area contributed by atoms with Gasteiger partial charge in [0.2, 0.25) is 0 Å². The van der Waals surface area contributed by atoms with Gasteiger partial charge in [-0.05, 0) is 131 Å². The van der Waals surface area contributed by atoms with Gasteiger partial charge in [0.1, 0.15) is 23.3 Å². The van der Waals surface area contributed by atoms with E-state index in [1.54, 1.807) is 20.3 Å². The zero-order valence-corrected chi connectivity index (χ0v) is 37.5. The van der Waals surface area contributed by atoms with E-state index in [0.29, 0.717) is 9.26 Å².